The summed E-state index contributed by atoms with van der Waals surface area (Å²) in [6, 6.07) is 0. The minimum absolute atomic E-state index is 0.303. The van der Waals surface area contributed by atoms with Crippen molar-refractivity contribution in [2.75, 3.05) is 0 Å². The van der Waals surface area contributed by atoms with Crippen LogP contribution in [-0.2, 0) is 4.79 Å². The molecule has 0 spiro atoms. The fourth-order valence-electron chi connectivity index (χ4n) is 0.105. The van der Waals surface area contributed by atoms with Crippen LogP contribution in [0.5, 0.6) is 0 Å². The minimum atomic E-state index is -1.77. The number of hydrogen-bond acceptors (Lipinski definition) is 2. The summed E-state index contributed by atoms with van der Waals surface area (Å²) in [6.07, 6.45) is 1.15. The Balaban J connectivity index is 4.22. The molecular formula is C3Cl3NOS. The number of alkyl halides is 3. The second-order valence-electron chi connectivity index (χ2n) is 1.01. The smallest absolute Gasteiger partial charge is 0.211 e. The molecule has 0 aliphatic heterocycles. The third kappa shape index (κ3) is 3.84. The van der Waals surface area contributed by atoms with Gasteiger partial charge in [-0.1, -0.05) is 47.0 Å². The molecule has 0 heterocycles. The first-order chi connectivity index (χ1) is 3.98. The van der Waals surface area contributed by atoms with Gasteiger partial charge in [0.2, 0.25) is 9.87 Å². The molecule has 0 aliphatic carbocycles. The van der Waals surface area contributed by atoms with Gasteiger partial charge in [-0.05, 0) is 0 Å². The molecule has 0 unspecified atom stereocenters. The van der Waals surface area contributed by atoms with Crippen molar-refractivity contribution in [3.63, 3.8) is 0 Å². The number of nitrogens with zero attached hydrogens (tertiary/aromatic N) is 1. The van der Waals surface area contributed by atoms with Gasteiger partial charge in [-0.25, -0.2) is 4.79 Å². The molecular weight excluding hydrogens is 204 g/mol. The van der Waals surface area contributed by atoms with Crippen molar-refractivity contribution in [3.8, 4) is 0 Å². The summed E-state index contributed by atoms with van der Waals surface area (Å²) in [5.41, 5.74) is 0. The lowest BCUT2D eigenvalue weighted by atomic mass is 10.8. The van der Waals surface area contributed by atoms with E-state index in [1.807, 2.05) is 0 Å². The summed E-state index contributed by atoms with van der Waals surface area (Å²) in [4.78, 5) is 12.1. The van der Waals surface area contributed by atoms with E-state index >= 15 is 0 Å². The monoisotopic (exact) mass is 203 g/mol. The summed E-state index contributed by atoms with van der Waals surface area (Å²) in [5, 5.41) is 0. The number of isocyanates is 1. The Kier molecular flexibility index (Phi) is 3.63. The van der Waals surface area contributed by atoms with Gasteiger partial charge in [0.05, 0.1) is 0 Å². The lowest BCUT2D eigenvalue weighted by molar-refractivity contribution is 0.566. The SMILES string of the molecule is O=C=NC(=S)C(Cl)(Cl)Cl. The molecule has 0 radical (unpaired) electrons. The van der Waals surface area contributed by atoms with E-state index in [0.717, 1.165) is 6.08 Å². The Labute approximate surface area is 71.8 Å². The van der Waals surface area contributed by atoms with Crippen LogP contribution in [0, 0.1) is 0 Å². The molecule has 0 bridgehead atoms. The van der Waals surface area contributed by atoms with E-state index in [1.165, 1.54) is 0 Å². The molecule has 9 heavy (non-hydrogen) atoms. The van der Waals surface area contributed by atoms with Gasteiger partial charge in [0.25, 0.3) is 0 Å². The molecule has 0 aromatic carbocycles. The summed E-state index contributed by atoms with van der Waals surface area (Å²) in [5.74, 6) is 0. The van der Waals surface area contributed by atoms with Crippen LogP contribution in [0.2, 0.25) is 0 Å². The van der Waals surface area contributed by atoms with Crippen molar-refractivity contribution in [3.05, 3.63) is 0 Å². The first-order valence-corrected chi connectivity index (χ1v) is 3.21. The molecule has 0 saturated carbocycles. The third-order valence-electron chi connectivity index (χ3n) is 0.390. The quantitative estimate of drug-likeness (QED) is 0.261. The molecule has 0 N–H and O–H groups in total. The van der Waals surface area contributed by atoms with Crippen LogP contribution in [0.1, 0.15) is 0 Å². The van der Waals surface area contributed by atoms with E-state index in [4.69, 9.17) is 34.8 Å². The van der Waals surface area contributed by atoms with Gasteiger partial charge < -0.3 is 0 Å². The van der Waals surface area contributed by atoms with Crippen molar-refractivity contribution in [2.45, 2.75) is 3.79 Å². The number of aliphatic imine (C=N–C) groups is 1. The molecule has 0 rings (SSSR count). The summed E-state index contributed by atoms with van der Waals surface area (Å²) >= 11 is 19.9. The van der Waals surface area contributed by atoms with E-state index in [2.05, 4.69) is 17.2 Å². The van der Waals surface area contributed by atoms with E-state index in [-0.39, 0.29) is 4.99 Å². The Morgan fingerprint density at radius 3 is 2.11 bits per heavy atom. The molecule has 0 amide bonds. The highest BCUT2D eigenvalue weighted by atomic mass is 35.6. The molecule has 0 aliphatic rings. The predicted molar refractivity (Wildman–Crippen MR) is 41.0 cm³/mol. The van der Waals surface area contributed by atoms with Gasteiger partial charge in [-0.3, -0.25) is 0 Å². The number of halogens is 3. The molecule has 6 heteroatoms. The second-order valence-corrected chi connectivity index (χ2v) is 3.67. The predicted octanol–water partition coefficient (Wildman–Crippen LogP) is 2.02. The van der Waals surface area contributed by atoms with Crippen LogP contribution in [-0.4, -0.2) is 14.9 Å². The minimum Gasteiger partial charge on any atom is -0.211 e. The van der Waals surface area contributed by atoms with Crippen LogP contribution in [0.15, 0.2) is 4.99 Å². The normalized spacial score (nSPS) is 10.1. The van der Waals surface area contributed by atoms with Crippen molar-refractivity contribution < 1.29 is 4.79 Å². The average molecular weight is 204 g/mol. The van der Waals surface area contributed by atoms with Crippen LogP contribution >= 0.6 is 47.0 Å². The fourth-order valence-corrected chi connectivity index (χ4v) is 0.269. The zero-order valence-corrected chi connectivity index (χ0v) is 6.98. The van der Waals surface area contributed by atoms with Crippen LogP contribution in [0.3, 0.4) is 0 Å². The lowest BCUT2D eigenvalue weighted by Gasteiger charge is -2.03. The first-order valence-electron chi connectivity index (χ1n) is 1.67. The lowest BCUT2D eigenvalue weighted by Crippen LogP contribution is -2.13. The van der Waals surface area contributed by atoms with E-state index in [9.17, 15) is 4.79 Å². The van der Waals surface area contributed by atoms with Crippen LogP contribution in [0.4, 0.5) is 0 Å². The zero-order valence-electron chi connectivity index (χ0n) is 3.90. The third-order valence-corrected chi connectivity index (χ3v) is 1.66. The highest BCUT2D eigenvalue weighted by Crippen LogP contribution is 2.28. The second kappa shape index (κ2) is 3.49. The Morgan fingerprint density at radius 2 is 2.00 bits per heavy atom. The molecule has 0 saturated heterocycles. The molecule has 50 valence electrons. The van der Waals surface area contributed by atoms with Gasteiger partial charge in [0.1, 0.15) is 0 Å². The Bertz CT molecular complexity index is 168. The Hall–Kier alpha value is 0.340. The van der Waals surface area contributed by atoms with Gasteiger partial charge in [-0.2, -0.15) is 4.99 Å². The number of rotatable bonds is 0. The fraction of sp³-hybridized carbons (Fsp3) is 0.333. The highest BCUT2D eigenvalue weighted by molar-refractivity contribution is 7.81. The maximum Gasteiger partial charge on any atom is 0.243 e. The number of thiocarbonyl (C=S) groups is 1. The van der Waals surface area contributed by atoms with Crippen molar-refractivity contribution in [1.82, 2.24) is 0 Å². The maximum absolute atomic E-state index is 9.51. The topological polar surface area (TPSA) is 29.4 Å². The van der Waals surface area contributed by atoms with Crippen LogP contribution < -0.4 is 0 Å². The highest BCUT2D eigenvalue weighted by Gasteiger charge is 2.25. The molecule has 2 nitrogen and oxygen atoms in total. The average Bonchev–Trinajstić information content (AvgIpc) is 1.64. The summed E-state index contributed by atoms with van der Waals surface area (Å²) < 4.78 is -1.77. The number of carbonyl (C=O) groups excluding carboxylic acids is 1. The maximum atomic E-state index is 9.51. The first kappa shape index (κ1) is 9.34. The van der Waals surface area contributed by atoms with Crippen molar-refractivity contribution in [2.24, 2.45) is 4.99 Å². The van der Waals surface area contributed by atoms with Crippen LogP contribution in [0.25, 0.3) is 0 Å². The van der Waals surface area contributed by atoms with Crippen molar-refractivity contribution >= 4 is 58.1 Å². The van der Waals surface area contributed by atoms with Gasteiger partial charge in [0.15, 0.2) is 4.99 Å². The van der Waals surface area contributed by atoms with Gasteiger partial charge >= 0.3 is 0 Å². The van der Waals surface area contributed by atoms with E-state index in [0.29, 0.717) is 0 Å². The zero-order chi connectivity index (χ0) is 7.49. The summed E-state index contributed by atoms with van der Waals surface area (Å²) in [7, 11) is 0. The largest absolute Gasteiger partial charge is 0.243 e. The molecule has 0 fully saturated rings. The van der Waals surface area contributed by atoms with Crippen molar-refractivity contribution in [1.29, 1.82) is 0 Å². The molecule has 0 atom stereocenters. The standard InChI is InChI=1S/C3Cl3NOS/c4-3(5,6)2(9)7-1-8. The van der Waals surface area contributed by atoms with E-state index in [1.54, 1.807) is 0 Å². The number of hydrogen-bond donors (Lipinski definition) is 0. The summed E-state index contributed by atoms with van der Waals surface area (Å²) in [6.45, 7) is 0. The molecule has 0 aromatic heterocycles. The van der Waals surface area contributed by atoms with E-state index < -0.39 is 3.79 Å². The van der Waals surface area contributed by atoms with Gasteiger partial charge in [0, 0.05) is 0 Å². The molecule has 0 aromatic rings. The van der Waals surface area contributed by atoms with Gasteiger partial charge in [-0.15, -0.1) is 0 Å². The Morgan fingerprint density at radius 1 is 1.56 bits per heavy atom.